The summed E-state index contributed by atoms with van der Waals surface area (Å²) in [5.41, 5.74) is 0.831. The molecule has 0 radical (unpaired) electrons. The van der Waals surface area contributed by atoms with Crippen LogP contribution in [-0.2, 0) is 4.79 Å². The first kappa shape index (κ1) is 12.2. The van der Waals surface area contributed by atoms with E-state index in [1.165, 1.54) is 11.8 Å². The molecule has 0 fully saturated rings. The molecule has 2 aromatic rings. The Hall–Kier alpha value is -1.26. The largest absolute Gasteiger partial charge is 0.481 e. The van der Waals surface area contributed by atoms with E-state index < -0.39 is 5.97 Å². The molecule has 5 heteroatoms. The molecule has 0 aliphatic heterocycles. The van der Waals surface area contributed by atoms with Gasteiger partial charge in [0, 0.05) is 27.3 Å². The number of carbonyl (C=O) groups is 1. The van der Waals surface area contributed by atoms with E-state index in [-0.39, 0.29) is 6.42 Å². The van der Waals surface area contributed by atoms with E-state index in [1.807, 2.05) is 18.2 Å². The van der Waals surface area contributed by atoms with Gasteiger partial charge in [-0.2, -0.15) is 0 Å². The zero-order chi connectivity index (χ0) is 12.3. The number of carboxylic acids is 1. The molecule has 0 amide bonds. The molecule has 1 N–H and O–H groups in total. The van der Waals surface area contributed by atoms with Crippen molar-refractivity contribution in [3.8, 4) is 0 Å². The molecular formula is C12H10ClNO2S. The van der Waals surface area contributed by atoms with Crippen LogP contribution in [0.2, 0.25) is 5.02 Å². The van der Waals surface area contributed by atoms with Crippen LogP contribution in [0.4, 0.5) is 0 Å². The normalized spacial score (nSPS) is 10.6. The van der Waals surface area contributed by atoms with Gasteiger partial charge in [-0.1, -0.05) is 17.7 Å². The number of hydrogen-bond donors (Lipinski definition) is 1. The Morgan fingerprint density at radius 3 is 3.00 bits per heavy atom. The Balaban J connectivity index is 2.25. The van der Waals surface area contributed by atoms with E-state index in [0.29, 0.717) is 10.8 Å². The van der Waals surface area contributed by atoms with Crippen LogP contribution in [0.1, 0.15) is 6.42 Å². The van der Waals surface area contributed by atoms with Crippen molar-refractivity contribution in [2.45, 2.75) is 11.3 Å². The molecule has 0 saturated carbocycles. The summed E-state index contributed by atoms with van der Waals surface area (Å²) in [4.78, 5) is 15.7. The van der Waals surface area contributed by atoms with E-state index >= 15 is 0 Å². The van der Waals surface area contributed by atoms with Crippen LogP contribution in [0.25, 0.3) is 10.9 Å². The number of thioether (sulfide) groups is 1. The van der Waals surface area contributed by atoms with Gasteiger partial charge >= 0.3 is 5.97 Å². The molecule has 0 spiro atoms. The van der Waals surface area contributed by atoms with Gasteiger partial charge in [-0.15, -0.1) is 11.8 Å². The molecular weight excluding hydrogens is 258 g/mol. The molecule has 3 nitrogen and oxygen atoms in total. The highest BCUT2D eigenvalue weighted by atomic mass is 35.5. The van der Waals surface area contributed by atoms with E-state index in [0.717, 1.165) is 15.8 Å². The van der Waals surface area contributed by atoms with Crippen LogP contribution in [0.3, 0.4) is 0 Å². The molecule has 0 aliphatic carbocycles. The highest BCUT2D eigenvalue weighted by Crippen LogP contribution is 2.28. The molecule has 88 valence electrons. The fourth-order valence-electron chi connectivity index (χ4n) is 1.47. The Bertz CT molecular complexity index is 559. The van der Waals surface area contributed by atoms with Gasteiger partial charge in [-0.3, -0.25) is 9.78 Å². The smallest absolute Gasteiger partial charge is 0.304 e. The molecule has 0 aliphatic rings. The monoisotopic (exact) mass is 267 g/mol. The second-order valence-corrected chi connectivity index (χ2v) is 5.04. The summed E-state index contributed by atoms with van der Waals surface area (Å²) in [6, 6.07) is 7.42. The van der Waals surface area contributed by atoms with Crippen molar-refractivity contribution in [3.05, 3.63) is 35.5 Å². The van der Waals surface area contributed by atoms with Gasteiger partial charge in [-0.05, 0) is 18.2 Å². The molecule has 1 heterocycles. The number of hydrogen-bond acceptors (Lipinski definition) is 3. The van der Waals surface area contributed by atoms with Gasteiger partial charge in [0.25, 0.3) is 0 Å². The summed E-state index contributed by atoms with van der Waals surface area (Å²) in [7, 11) is 0. The van der Waals surface area contributed by atoms with E-state index in [2.05, 4.69) is 4.98 Å². The number of pyridine rings is 1. The molecule has 1 aromatic heterocycles. The van der Waals surface area contributed by atoms with Crippen molar-refractivity contribution in [3.63, 3.8) is 0 Å². The second kappa shape index (κ2) is 5.38. The Kier molecular flexibility index (Phi) is 3.86. The van der Waals surface area contributed by atoms with Crippen molar-refractivity contribution >= 4 is 40.2 Å². The highest BCUT2D eigenvalue weighted by Gasteiger charge is 2.04. The third kappa shape index (κ3) is 3.11. The first-order valence-electron chi connectivity index (χ1n) is 5.05. The lowest BCUT2D eigenvalue weighted by molar-refractivity contribution is -0.136. The minimum atomic E-state index is -0.779. The van der Waals surface area contributed by atoms with Crippen LogP contribution >= 0.6 is 23.4 Å². The van der Waals surface area contributed by atoms with Crippen LogP contribution in [-0.4, -0.2) is 21.8 Å². The van der Waals surface area contributed by atoms with Gasteiger partial charge in [-0.25, -0.2) is 0 Å². The van der Waals surface area contributed by atoms with Crippen LogP contribution < -0.4 is 0 Å². The van der Waals surface area contributed by atoms with E-state index in [1.54, 1.807) is 12.3 Å². The van der Waals surface area contributed by atoms with Crippen LogP contribution in [0, 0.1) is 0 Å². The standard InChI is InChI=1S/C12H10ClNO2S/c13-8-1-2-9-10(7-8)14-5-3-11(9)17-6-4-12(15)16/h1-3,5,7H,4,6H2,(H,15,16). The maximum Gasteiger partial charge on any atom is 0.304 e. The lowest BCUT2D eigenvalue weighted by atomic mass is 10.2. The van der Waals surface area contributed by atoms with E-state index in [4.69, 9.17) is 16.7 Å². The number of carboxylic acid groups (broad SMARTS) is 1. The number of benzene rings is 1. The molecule has 0 bridgehead atoms. The number of nitrogens with zero attached hydrogens (tertiary/aromatic N) is 1. The SMILES string of the molecule is O=C(O)CCSc1ccnc2cc(Cl)ccc12. The van der Waals surface area contributed by atoms with Crippen molar-refractivity contribution in [1.82, 2.24) is 4.98 Å². The topological polar surface area (TPSA) is 50.2 Å². The second-order valence-electron chi connectivity index (χ2n) is 3.46. The first-order chi connectivity index (χ1) is 8.16. The number of rotatable bonds is 4. The Morgan fingerprint density at radius 2 is 2.24 bits per heavy atom. The Labute approximate surface area is 108 Å². The average molecular weight is 268 g/mol. The lowest BCUT2D eigenvalue weighted by Gasteiger charge is -2.04. The predicted octanol–water partition coefficient (Wildman–Crippen LogP) is 3.46. The summed E-state index contributed by atoms with van der Waals surface area (Å²) in [5, 5.41) is 10.3. The summed E-state index contributed by atoms with van der Waals surface area (Å²) in [6.07, 6.45) is 1.86. The third-order valence-corrected chi connectivity index (χ3v) is 3.55. The number of aromatic nitrogens is 1. The van der Waals surface area contributed by atoms with Gasteiger partial charge < -0.3 is 5.11 Å². The summed E-state index contributed by atoms with van der Waals surface area (Å²) in [5.74, 6) is -0.226. The van der Waals surface area contributed by atoms with Crippen molar-refractivity contribution in [1.29, 1.82) is 0 Å². The van der Waals surface area contributed by atoms with E-state index in [9.17, 15) is 4.79 Å². The van der Waals surface area contributed by atoms with Crippen LogP contribution in [0.15, 0.2) is 35.4 Å². The van der Waals surface area contributed by atoms with Gasteiger partial charge in [0.2, 0.25) is 0 Å². The first-order valence-corrected chi connectivity index (χ1v) is 6.42. The molecule has 0 saturated heterocycles. The number of fused-ring (bicyclic) bond motifs is 1. The number of aliphatic carboxylic acids is 1. The minimum Gasteiger partial charge on any atom is -0.481 e. The minimum absolute atomic E-state index is 0.155. The van der Waals surface area contributed by atoms with Crippen molar-refractivity contribution in [2.75, 3.05) is 5.75 Å². The Morgan fingerprint density at radius 1 is 1.41 bits per heavy atom. The molecule has 17 heavy (non-hydrogen) atoms. The van der Waals surface area contributed by atoms with Crippen molar-refractivity contribution in [2.24, 2.45) is 0 Å². The molecule has 0 unspecified atom stereocenters. The zero-order valence-corrected chi connectivity index (χ0v) is 10.5. The van der Waals surface area contributed by atoms with Gasteiger partial charge in [0.05, 0.1) is 11.9 Å². The fraction of sp³-hybridized carbons (Fsp3) is 0.167. The van der Waals surface area contributed by atoms with Gasteiger partial charge in [0.15, 0.2) is 0 Å². The molecule has 0 atom stereocenters. The summed E-state index contributed by atoms with van der Waals surface area (Å²) < 4.78 is 0. The maximum atomic E-state index is 10.5. The van der Waals surface area contributed by atoms with Crippen LogP contribution in [0.5, 0.6) is 0 Å². The predicted molar refractivity (Wildman–Crippen MR) is 69.7 cm³/mol. The molecule has 2 rings (SSSR count). The summed E-state index contributed by atoms with van der Waals surface area (Å²) >= 11 is 7.41. The third-order valence-electron chi connectivity index (χ3n) is 2.24. The maximum absolute atomic E-state index is 10.5. The lowest BCUT2D eigenvalue weighted by Crippen LogP contribution is -1.95. The average Bonchev–Trinajstić information content (AvgIpc) is 2.28. The number of halogens is 1. The zero-order valence-electron chi connectivity index (χ0n) is 8.89. The summed E-state index contributed by atoms with van der Waals surface area (Å²) in [6.45, 7) is 0. The van der Waals surface area contributed by atoms with Gasteiger partial charge in [0.1, 0.15) is 0 Å². The highest BCUT2D eigenvalue weighted by molar-refractivity contribution is 7.99. The fourth-order valence-corrected chi connectivity index (χ4v) is 2.62. The molecule has 1 aromatic carbocycles. The quantitative estimate of drug-likeness (QED) is 0.862. The van der Waals surface area contributed by atoms with Crippen molar-refractivity contribution < 1.29 is 9.90 Å².